The van der Waals surface area contributed by atoms with Gasteiger partial charge < -0.3 is 4.62 Å². The maximum atomic E-state index is 11.1. The third-order valence-electron chi connectivity index (χ3n) is 1.60. The summed E-state index contributed by atoms with van der Waals surface area (Å²) in [7, 11) is -4.73. The lowest BCUT2D eigenvalue weighted by Gasteiger charge is -2.06. The van der Waals surface area contributed by atoms with E-state index in [1.54, 1.807) is 0 Å². The van der Waals surface area contributed by atoms with Crippen molar-refractivity contribution in [3.05, 3.63) is 21.5 Å². The van der Waals surface area contributed by atoms with Gasteiger partial charge in [0.05, 0.1) is 0 Å². The Bertz CT molecular complexity index is 695. The summed E-state index contributed by atoms with van der Waals surface area (Å²) in [6.45, 7) is 0. The van der Waals surface area contributed by atoms with E-state index in [0.29, 0.717) is 4.73 Å². The number of fused-ring (bicyclic) bond motifs is 1. The second-order valence-electron chi connectivity index (χ2n) is 2.75. The molecule has 0 aromatic carbocycles. The Hall–Kier alpha value is -1.48. The summed E-state index contributed by atoms with van der Waals surface area (Å²) < 4.78 is 15.6. The van der Waals surface area contributed by atoms with E-state index in [0.717, 1.165) is 6.33 Å². The zero-order valence-corrected chi connectivity index (χ0v) is 9.16. The average molecular weight is 264 g/mol. The van der Waals surface area contributed by atoms with E-state index in [9.17, 15) is 9.36 Å². The first-order valence-corrected chi connectivity index (χ1v) is 5.76. The van der Waals surface area contributed by atoms with Gasteiger partial charge in [-0.3, -0.25) is 19.8 Å². The molecule has 0 aliphatic carbocycles. The van der Waals surface area contributed by atoms with Crippen molar-refractivity contribution in [3.63, 3.8) is 0 Å². The number of hydrogen-bond donors (Lipinski definition) is 4. The van der Waals surface area contributed by atoms with Gasteiger partial charge in [0.1, 0.15) is 16.5 Å². The second kappa shape index (κ2) is 3.52. The van der Waals surface area contributed by atoms with Crippen LogP contribution >= 0.6 is 20.0 Å². The molecule has 0 saturated carbocycles. The van der Waals surface area contributed by atoms with Crippen molar-refractivity contribution in [2.75, 3.05) is 0 Å². The van der Waals surface area contributed by atoms with E-state index >= 15 is 0 Å². The van der Waals surface area contributed by atoms with Gasteiger partial charge in [0.2, 0.25) is 0 Å². The van der Waals surface area contributed by atoms with Gasteiger partial charge in [0, 0.05) is 0 Å². The van der Waals surface area contributed by atoms with Crippen LogP contribution in [0.1, 0.15) is 0 Å². The Balaban J connectivity index is 2.70. The Morgan fingerprint density at radius 2 is 2.19 bits per heavy atom. The average Bonchev–Trinajstić information content (AvgIpc) is 2.46. The minimum atomic E-state index is -4.73. The number of nitrogens with one attached hydrogen (secondary N) is 2. The minimum Gasteiger partial charge on any atom is -0.308 e. The van der Waals surface area contributed by atoms with Crippen LogP contribution in [0, 0.1) is 4.64 Å². The van der Waals surface area contributed by atoms with Crippen LogP contribution in [0.3, 0.4) is 0 Å². The zero-order valence-electron chi connectivity index (χ0n) is 7.45. The number of aromatic amines is 2. The number of aromatic nitrogens is 4. The molecule has 2 rings (SSSR count). The minimum absolute atomic E-state index is 0.0305. The molecule has 2 heterocycles. The van der Waals surface area contributed by atoms with Gasteiger partial charge in [-0.05, 0) is 0 Å². The molecule has 86 valence electrons. The van der Waals surface area contributed by atoms with Crippen LogP contribution in [0.25, 0.3) is 11.2 Å². The van der Waals surface area contributed by atoms with Crippen LogP contribution in [0.5, 0.6) is 0 Å². The Kier molecular flexibility index (Phi) is 2.43. The van der Waals surface area contributed by atoms with Crippen molar-refractivity contribution in [2.45, 2.75) is 0 Å². The quantitative estimate of drug-likeness (QED) is 0.416. The standard InChI is InChI=1S/C5H5N4O5PS/c10-5-7-3-2(4(16)8-5)6-1-9(3)14-15(11,12)13/h1H,(H2,11,12,13)(H2,7,8,10,16). The lowest BCUT2D eigenvalue weighted by Crippen LogP contribution is -2.14. The molecular formula is C5H5N4O5PS. The van der Waals surface area contributed by atoms with Gasteiger partial charge in [-0.25, -0.2) is 14.3 Å². The molecule has 0 atom stereocenters. The molecule has 0 aliphatic heterocycles. The molecule has 4 N–H and O–H groups in total. The molecule has 0 bridgehead atoms. The molecule has 0 radical (unpaired) electrons. The maximum absolute atomic E-state index is 11.1. The molecule has 0 spiro atoms. The fraction of sp³-hybridized carbons (Fsp3) is 0. The lowest BCUT2D eigenvalue weighted by molar-refractivity contribution is 0.183. The number of H-pyrrole nitrogens is 2. The molecule has 2 aromatic heterocycles. The van der Waals surface area contributed by atoms with Crippen molar-refractivity contribution in [1.29, 1.82) is 0 Å². The molecular weight excluding hydrogens is 259 g/mol. The number of hydrogen-bond acceptors (Lipinski definition) is 5. The molecule has 16 heavy (non-hydrogen) atoms. The highest BCUT2D eigenvalue weighted by Crippen LogP contribution is 2.31. The van der Waals surface area contributed by atoms with Crippen molar-refractivity contribution < 1.29 is 19.0 Å². The smallest absolute Gasteiger partial charge is 0.308 e. The van der Waals surface area contributed by atoms with Crippen LogP contribution in [-0.2, 0) is 4.57 Å². The highest BCUT2D eigenvalue weighted by molar-refractivity contribution is 7.71. The number of nitrogens with zero attached hydrogens (tertiary/aromatic N) is 2. The van der Waals surface area contributed by atoms with Gasteiger partial charge in [-0.2, -0.15) is 0 Å². The molecule has 9 nitrogen and oxygen atoms in total. The van der Waals surface area contributed by atoms with Gasteiger partial charge in [-0.15, -0.1) is 4.73 Å². The number of phosphoric acid groups is 1. The fourth-order valence-electron chi connectivity index (χ4n) is 1.09. The third kappa shape index (κ3) is 2.04. The van der Waals surface area contributed by atoms with Crippen LogP contribution in [0.4, 0.5) is 0 Å². The topological polar surface area (TPSA) is 133 Å². The van der Waals surface area contributed by atoms with E-state index in [1.165, 1.54) is 0 Å². The maximum Gasteiger partial charge on any atom is 0.543 e. The Morgan fingerprint density at radius 1 is 1.50 bits per heavy atom. The first-order chi connectivity index (χ1) is 7.37. The van der Waals surface area contributed by atoms with Crippen molar-refractivity contribution in [3.8, 4) is 0 Å². The Morgan fingerprint density at radius 3 is 2.81 bits per heavy atom. The predicted molar refractivity (Wildman–Crippen MR) is 54.2 cm³/mol. The number of imidazole rings is 1. The summed E-state index contributed by atoms with van der Waals surface area (Å²) in [4.78, 5) is 36.5. The molecule has 0 amide bonds. The number of rotatable bonds is 2. The van der Waals surface area contributed by atoms with E-state index < -0.39 is 13.5 Å². The van der Waals surface area contributed by atoms with Gasteiger partial charge in [0.25, 0.3) is 0 Å². The monoisotopic (exact) mass is 264 g/mol. The first kappa shape index (κ1) is 11.0. The largest absolute Gasteiger partial charge is 0.543 e. The third-order valence-corrected chi connectivity index (χ3v) is 2.29. The van der Waals surface area contributed by atoms with Crippen LogP contribution in [0.2, 0.25) is 0 Å². The fourth-order valence-corrected chi connectivity index (χ4v) is 1.69. The summed E-state index contributed by atoms with van der Waals surface area (Å²) >= 11 is 4.79. The van der Waals surface area contributed by atoms with E-state index in [-0.39, 0.29) is 15.8 Å². The molecule has 2 aromatic rings. The molecule has 0 unspecified atom stereocenters. The zero-order chi connectivity index (χ0) is 11.9. The lowest BCUT2D eigenvalue weighted by atomic mass is 10.6. The van der Waals surface area contributed by atoms with E-state index in [4.69, 9.17) is 22.0 Å². The van der Waals surface area contributed by atoms with Crippen molar-refractivity contribution in [1.82, 2.24) is 19.7 Å². The predicted octanol–water partition coefficient (Wildman–Crippen LogP) is -0.697. The Labute approximate surface area is 91.9 Å². The molecule has 0 saturated heterocycles. The molecule has 11 heteroatoms. The summed E-state index contributed by atoms with van der Waals surface area (Å²) in [5, 5.41) is 0. The second-order valence-corrected chi connectivity index (χ2v) is 4.30. The summed E-state index contributed by atoms with van der Waals surface area (Å²) in [6.07, 6.45) is 0.989. The summed E-state index contributed by atoms with van der Waals surface area (Å²) in [6, 6.07) is 0. The normalized spacial score (nSPS) is 11.9. The summed E-state index contributed by atoms with van der Waals surface area (Å²) in [5.41, 5.74) is -0.492. The van der Waals surface area contributed by atoms with Crippen molar-refractivity contribution in [2.24, 2.45) is 0 Å². The van der Waals surface area contributed by atoms with Gasteiger partial charge in [0.15, 0.2) is 5.65 Å². The first-order valence-electron chi connectivity index (χ1n) is 3.82. The molecule has 0 aliphatic rings. The van der Waals surface area contributed by atoms with E-state index in [2.05, 4.69) is 19.6 Å². The molecule has 0 fully saturated rings. The van der Waals surface area contributed by atoms with Crippen molar-refractivity contribution >= 4 is 31.2 Å². The van der Waals surface area contributed by atoms with Gasteiger partial charge in [-0.1, -0.05) is 12.2 Å². The van der Waals surface area contributed by atoms with Gasteiger partial charge >= 0.3 is 13.5 Å². The highest BCUT2D eigenvalue weighted by atomic mass is 32.1. The van der Waals surface area contributed by atoms with Crippen LogP contribution < -0.4 is 10.3 Å². The summed E-state index contributed by atoms with van der Waals surface area (Å²) in [5.74, 6) is 0. The highest BCUT2D eigenvalue weighted by Gasteiger charge is 2.18. The van der Waals surface area contributed by atoms with Crippen LogP contribution in [-0.4, -0.2) is 29.5 Å². The van der Waals surface area contributed by atoms with Crippen LogP contribution in [0.15, 0.2) is 11.1 Å². The van der Waals surface area contributed by atoms with E-state index in [1.807, 2.05) is 0 Å². The SMILES string of the molecule is O=c1[nH]c(=S)c2ncn(OP(=O)(O)O)c2[nH]1.